The highest BCUT2D eigenvalue weighted by Gasteiger charge is 2.61. The zero-order valence-electron chi connectivity index (χ0n) is 18.1. The van der Waals surface area contributed by atoms with Gasteiger partial charge in [-0.25, -0.2) is 0 Å². The van der Waals surface area contributed by atoms with Gasteiger partial charge in [-0.3, -0.25) is 0 Å². The van der Waals surface area contributed by atoms with Crippen molar-refractivity contribution in [2.45, 2.75) is 94.9 Å². The molecule has 1 heterocycles. The van der Waals surface area contributed by atoms with Gasteiger partial charge in [-0.1, -0.05) is 44.7 Å². The van der Waals surface area contributed by atoms with Crippen LogP contribution in [0.3, 0.4) is 0 Å². The number of fused-ring (bicyclic) bond motifs is 5. The maximum atomic E-state index is 11.8. The molecule has 2 nitrogen and oxygen atoms in total. The van der Waals surface area contributed by atoms with E-state index in [0.717, 1.165) is 32.1 Å². The Labute approximate surface area is 177 Å². The Morgan fingerprint density at radius 2 is 1.86 bits per heavy atom. The number of hydrogen-bond acceptors (Lipinski definition) is 2. The summed E-state index contributed by atoms with van der Waals surface area (Å²) in [6.07, 6.45) is 10.5. The van der Waals surface area contributed by atoms with Crippen molar-refractivity contribution in [1.29, 1.82) is 0 Å². The molecule has 1 aromatic rings. The first-order valence-electron chi connectivity index (χ1n) is 11.9. The molecule has 3 aliphatic carbocycles. The lowest BCUT2D eigenvalue weighted by molar-refractivity contribution is -0.0647. The number of aryl methyl sites for hydroxylation is 1. The van der Waals surface area contributed by atoms with Gasteiger partial charge < -0.3 is 10.2 Å². The Kier molecular flexibility index (Phi) is 4.68. The maximum absolute atomic E-state index is 11.8. The third-order valence-electron chi connectivity index (χ3n) is 9.39. The van der Waals surface area contributed by atoms with Crippen LogP contribution in [0.5, 0.6) is 5.75 Å². The monoisotopic (exact) mass is 408 g/mol. The molecule has 0 unspecified atom stereocenters. The van der Waals surface area contributed by atoms with Crippen molar-refractivity contribution >= 4 is 8.07 Å². The molecule has 1 aromatic carbocycles. The van der Waals surface area contributed by atoms with E-state index in [1.165, 1.54) is 48.9 Å². The van der Waals surface area contributed by atoms with Crippen molar-refractivity contribution < 1.29 is 10.2 Å². The quantitative estimate of drug-likeness (QED) is 0.422. The van der Waals surface area contributed by atoms with Crippen molar-refractivity contribution in [1.82, 2.24) is 0 Å². The second-order valence-corrected chi connectivity index (χ2v) is 15.4. The third kappa shape index (κ3) is 3.10. The third-order valence-corrected chi connectivity index (χ3v) is 13.0. The van der Waals surface area contributed by atoms with Gasteiger partial charge in [-0.05, 0) is 91.6 Å². The molecule has 0 spiro atoms. The van der Waals surface area contributed by atoms with Crippen molar-refractivity contribution in [2.75, 3.05) is 0 Å². The fraction of sp³-hybridized carbons (Fsp3) is 0.692. The van der Waals surface area contributed by atoms with Crippen molar-refractivity contribution in [2.24, 2.45) is 17.3 Å². The maximum Gasteiger partial charge on any atom is 0.135 e. The SMILES string of the molecule is C[C@]12CC[C@@H]3c4ccc(O)cc4CC[C@H]3[C@@H]1CC[C@@]2(O)C#C[Si]1(C)CCCCC1. The minimum absolute atomic E-state index is 0.0605. The molecule has 156 valence electrons. The van der Waals surface area contributed by atoms with Crippen LogP contribution in [0.2, 0.25) is 18.6 Å². The minimum Gasteiger partial charge on any atom is -0.508 e. The van der Waals surface area contributed by atoms with Crippen LogP contribution in [-0.4, -0.2) is 23.9 Å². The Hall–Kier alpha value is -1.24. The smallest absolute Gasteiger partial charge is 0.135 e. The summed E-state index contributed by atoms with van der Waals surface area (Å²) < 4.78 is 0. The van der Waals surface area contributed by atoms with Gasteiger partial charge in [0.15, 0.2) is 0 Å². The van der Waals surface area contributed by atoms with Gasteiger partial charge in [-0.2, -0.15) is 0 Å². The fourth-order valence-corrected chi connectivity index (χ4v) is 10.6. The highest BCUT2D eigenvalue weighted by molar-refractivity contribution is 6.86. The van der Waals surface area contributed by atoms with Crippen molar-refractivity contribution in [3.63, 3.8) is 0 Å². The summed E-state index contributed by atoms with van der Waals surface area (Å²) in [5.41, 5.74) is 5.71. The Balaban J connectivity index is 1.43. The predicted octanol–water partition coefficient (Wildman–Crippen LogP) is 5.78. The first-order valence-corrected chi connectivity index (χ1v) is 14.8. The molecule has 3 heteroatoms. The number of rotatable bonds is 0. The number of hydrogen-bond donors (Lipinski definition) is 2. The summed E-state index contributed by atoms with van der Waals surface area (Å²) in [4.78, 5) is 0. The normalized spacial score (nSPS) is 40.2. The molecule has 0 amide bonds. The summed E-state index contributed by atoms with van der Waals surface area (Å²) >= 11 is 0. The molecule has 5 atom stereocenters. The van der Waals surface area contributed by atoms with Crippen LogP contribution in [0.1, 0.15) is 75.3 Å². The van der Waals surface area contributed by atoms with Crippen molar-refractivity contribution in [3.8, 4) is 17.2 Å². The summed E-state index contributed by atoms with van der Waals surface area (Å²) in [5.74, 6) is 5.79. The zero-order valence-corrected chi connectivity index (χ0v) is 19.1. The van der Waals surface area contributed by atoms with E-state index in [2.05, 4.69) is 31.0 Å². The molecule has 0 aromatic heterocycles. The fourth-order valence-electron chi connectivity index (χ4n) is 7.50. The van der Waals surface area contributed by atoms with Crippen LogP contribution in [0.4, 0.5) is 0 Å². The molecular weight excluding hydrogens is 372 g/mol. The van der Waals surface area contributed by atoms with Gasteiger partial charge in [0.2, 0.25) is 0 Å². The first kappa shape index (κ1) is 19.7. The number of phenols is 1. The van der Waals surface area contributed by atoms with Gasteiger partial charge in [0.05, 0.1) is 0 Å². The molecule has 3 fully saturated rings. The lowest BCUT2D eigenvalue weighted by Crippen LogP contribution is -2.50. The molecule has 1 saturated heterocycles. The van der Waals surface area contributed by atoms with Crippen LogP contribution in [0, 0.1) is 28.7 Å². The van der Waals surface area contributed by atoms with Crippen LogP contribution < -0.4 is 0 Å². The molecule has 2 N–H and O–H groups in total. The Bertz CT molecular complexity index is 861. The molecule has 1 aliphatic heterocycles. The second-order valence-electron chi connectivity index (χ2n) is 11.0. The molecule has 5 rings (SSSR count). The lowest BCUT2D eigenvalue weighted by atomic mass is 9.53. The standard InChI is InChI=1S/C26H36O2Si/c1-25-12-10-22-21-9-7-20(27)18-19(21)6-8-23(22)24(25)11-13-26(25,28)14-17-29(2)15-4-3-5-16-29/h7,9,18,22-24,27-28H,3-6,8,10-13,15-16H2,1-2H3/t22-,23-,24+,25+,26-/m1/s1. The van der Waals surface area contributed by atoms with E-state index in [4.69, 9.17) is 0 Å². The number of benzene rings is 1. The predicted molar refractivity (Wildman–Crippen MR) is 121 cm³/mol. The van der Waals surface area contributed by atoms with Crippen LogP contribution in [0.15, 0.2) is 18.2 Å². The van der Waals surface area contributed by atoms with E-state index >= 15 is 0 Å². The van der Waals surface area contributed by atoms with Crippen LogP contribution in [0.25, 0.3) is 0 Å². The van der Waals surface area contributed by atoms with E-state index in [1.807, 2.05) is 12.1 Å². The van der Waals surface area contributed by atoms with Gasteiger partial charge in [0, 0.05) is 5.41 Å². The Morgan fingerprint density at radius 3 is 2.66 bits per heavy atom. The number of aromatic hydroxyl groups is 1. The summed E-state index contributed by atoms with van der Waals surface area (Å²) in [6, 6.07) is 8.65. The van der Waals surface area contributed by atoms with E-state index in [-0.39, 0.29) is 5.41 Å². The van der Waals surface area contributed by atoms with Crippen LogP contribution in [-0.2, 0) is 6.42 Å². The summed E-state index contributed by atoms with van der Waals surface area (Å²) in [6.45, 7) is 4.80. The average molecular weight is 409 g/mol. The summed E-state index contributed by atoms with van der Waals surface area (Å²) in [7, 11) is -1.47. The first-order chi connectivity index (χ1) is 13.8. The minimum atomic E-state index is -1.47. The van der Waals surface area contributed by atoms with Crippen molar-refractivity contribution in [3.05, 3.63) is 29.3 Å². The number of phenolic OH excluding ortho intramolecular Hbond substituents is 1. The van der Waals surface area contributed by atoms with Gasteiger partial charge in [-0.15, -0.1) is 5.54 Å². The van der Waals surface area contributed by atoms with Gasteiger partial charge in [0.25, 0.3) is 0 Å². The highest BCUT2D eigenvalue weighted by Crippen LogP contribution is 2.64. The lowest BCUT2D eigenvalue weighted by Gasteiger charge is -2.52. The average Bonchev–Trinajstić information content (AvgIpc) is 2.98. The topological polar surface area (TPSA) is 40.5 Å². The molecule has 0 radical (unpaired) electrons. The number of aliphatic hydroxyl groups is 1. The molecular formula is C26H36O2Si. The van der Waals surface area contributed by atoms with E-state index in [1.54, 1.807) is 0 Å². The molecule has 0 bridgehead atoms. The highest BCUT2D eigenvalue weighted by atomic mass is 28.3. The van der Waals surface area contributed by atoms with Crippen LogP contribution >= 0.6 is 0 Å². The van der Waals surface area contributed by atoms with Gasteiger partial charge in [0.1, 0.15) is 19.4 Å². The van der Waals surface area contributed by atoms with E-state index in [0.29, 0.717) is 23.5 Å². The zero-order chi connectivity index (χ0) is 20.3. The van der Waals surface area contributed by atoms with E-state index in [9.17, 15) is 10.2 Å². The molecule has 4 aliphatic rings. The largest absolute Gasteiger partial charge is 0.508 e. The second kappa shape index (κ2) is 6.89. The summed E-state index contributed by atoms with van der Waals surface area (Å²) in [5, 5.41) is 21.7. The molecule has 2 saturated carbocycles. The van der Waals surface area contributed by atoms with Gasteiger partial charge >= 0.3 is 0 Å². The Morgan fingerprint density at radius 1 is 1.07 bits per heavy atom. The van der Waals surface area contributed by atoms with E-state index < -0.39 is 13.7 Å². The molecule has 29 heavy (non-hydrogen) atoms.